The molecule has 154 valence electrons. The number of hydrogen-bond donors (Lipinski definition) is 1. The third kappa shape index (κ3) is 4.52. The topological polar surface area (TPSA) is 118 Å². The van der Waals surface area contributed by atoms with Crippen molar-refractivity contribution in [1.82, 2.24) is 4.31 Å². The summed E-state index contributed by atoms with van der Waals surface area (Å²) in [6.45, 7) is -0.725. The summed E-state index contributed by atoms with van der Waals surface area (Å²) < 4.78 is 26.7. The molecular weight excluding hydrogens is 396 g/mol. The van der Waals surface area contributed by atoms with E-state index in [4.69, 9.17) is 0 Å². The molecule has 0 spiro atoms. The highest BCUT2D eigenvalue weighted by Gasteiger charge is 2.37. The Morgan fingerprint density at radius 3 is 2.17 bits per heavy atom. The molecule has 1 saturated carbocycles. The molecule has 8 nitrogen and oxygen atoms in total. The van der Waals surface area contributed by atoms with Crippen molar-refractivity contribution in [3.63, 3.8) is 0 Å². The molecule has 1 aliphatic heterocycles. The zero-order chi connectivity index (χ0) is 21.0. The summed E-state index contributed by atoms with van der Waals surface area (Å²) in [4.78, 5) is 22.1. The number of aliphatic hydroxyl groups excluding tert-OH is 1. The van der Waals surface area contributed by atoms with E-state index in [0.717, 1.165) is 16.4 Å². The van der Waals surface area contributed by atoms with Crippen molar-refractivity contribution in [2.45, 2.75) is 43.2 Å². The summed E-state index contributed by atoms with van der Waals surface area (Å²) in [5.74, 6) is -0.688. The fourth-order valence-electron chi connectivity index (χ4n) is 3.01. The minimum Gasteiger partial charge on any atom is -0.380 e. The number of carbonyl (C=O) groups is 1. The molecule has 1 N–H and O–H groups in total. The maximum atomic E-state index is 12.9. The second-order valence-corrected chi connectivity index (χ2v) is 8.89. The van der Waals surface area contributed by atoms with Crippen LogP contribution in [0.2, 0.25) is 0 Å². The van der Waals surface area contributed by atoms with Gasteiger partial charge in [-0.2, -0.15) is 4.31 Å². The zero-order valence-electron chi connectivity index (χ0n) is 15.7. The van der Waals surface area contributed by atoms with Gasteiger partial charge in [0.2, 0.25) is 0 Å². The number of nitro benzene ring substituents is 1. The minimum atomic E-state index is -4.30. The van der Waals surface area contributed by atoms with E-state index in [9.17, 15) is 28.4 Å². The molecule has 1 fully saturated rings. The summed E-state index contributed by atoms with van der Waals surface area (Å²) in [6, 6.07) is 11.4. The Morgan fingerprint density at radius 2 is 1.55 bits per heavy atom. The summed E-state index contributed by atoms with van der Waals surface area (Å²) >= 11 is 0. The first-order valence-corrected chi connectivity index (χ1v) is 10.8. The Balaban J connectivity index is 0.000000536. The zero-order valence-corrected chi connectivity index (χ0v) is 16.5. The lowest BCUT2D eigenvalue weighted by Crippen LogP contribution is -2.35. The average Bonchev–Trinajstić information content (AvgIpc) is 2.78. The number of sulfonamides is 1. The molecule has 2 aromatic rings. The average molecular weight is 418 g/mol. The quantitative estimate of drug-likeness (QED) is 0.605. The summed E-state index contributed by atoms with van der Waals surface area (Å²) in [5.41, 5.74) is 0.254. The Bertz CT molecular complexity index is 1010. The van der Waals surface area contributed by atoms with Crippen LogP contribution >= 0.6 is 0 Å². The molecule has 1 aliphatic carbocycles. The lowest BCUT2D eigenvalue weighted by molar-refractivity contribution is -0.387. The maximum Gasteiger partial charge on any atom is 0.289 e. The molecule has 0 saturated heterocycles. The van der Waals surface area contributed by atoms with Crippen LogP contribution < -0.4 is 0 Å². The number of para-hydroxylation sites is 1. The number of Topliss-reactive ketones (excluding diaryl/α,β-unsaturated/α-hetero) is 1. The largest absolute Gasteiger partial charge is 0.380 e. The summed E-state index contributed by atoms with van der Waals surface area (Å²) in [7, 11) is -4.30. The van der Waals surface area contributed by atoms with Gasteiger partial charge in [-0.25, -0.2) is 8.42 Å². The van der Waals surface area contributed by atoms with E-state index in [1.807, 2.05) is 0 Å². The number of rotatable bonds is 3. The highest BCUT2D eigenvalue weighted by Crippen LogP contribution is 2.31. The van der Waals surface area contributed by atoms with E-state index < -0.39 is 44.0 Å². The molecular formula is C20H22N2O6S. The number of nitrogens with zero attached hydrogens (tertiary/aromatic N) is 2. The molecule has 0 bridgehead atoms. The fraction of sp³-hybridized carbons (Fsp3) is 0.350. The van der Waals surface area contributed by atoms with Crippen molar-refractivity contribution < 1.29 is 23.2 Å². The number of fused-ring (bicyclic) bond motifs is 1. The SMILES string of the molecule is C1CCC1.O=C1CN(S(=O)(=O)c2ccccc2[N+](=O)[O-])Cc2ccccc2C1O. The standard InChI is InChI=1S/C16H14N2O6S.C4H8/c19-14-10-17(9-11-5-1-2-6-12(11)16(14)20)25(23,24)15-8-4-3-7-13(15)18(21)22;1-2-4-3-1/h1-8,16,20H,9-10H2;1-4H2. The summed E-state index contributed by atoms with van der Waals surface area (Å²) in [5, 5.41) is 21.3. The Hall–Kier alpha value is -2.62. The van der Waals surface area contributed by atoms with Gasteiger partial charge < -0.3 is 5.11 Å². The van der Waals surface area contributed by atoms with E-state index in [-0.39, 0.29) is 6.54 Å². The van der Waals surface area contributed by atoms with Crippen molar-refractivity contribution in [3.8, 4) is 0 Å². The molecule has 2 aliphatic rings. The first-order valence-electron chi connectivity index (χ1n) is 9.34. The van der Waals surface area contributed by atoms with Gasteiger partial charge in [0.05, 0.1) is 11.5 Å². The first-order chi connectivity index (χ1) is 13.8. The van der Waals surface area contributed by atoms with Crippen LogP contribution in [0.5, 0.6) is 0 Å². The number of ketones is 1. The number of carbonyl (C=O) groups excluding carboxylic acids is 1. The molecule has 1 unspecified atom stereocenters. The van der Waals surface area contributed by atoms with Crippen LogP contribution in [0.4, 0.5) is 5.69 Å². The maximum absolute atomic E-state index is 12.9. The van der Waals surface area contributed by atoms with Crippen LogP contribution in [0.15, 0.2) is 53.4 Å². The van der Waals surface area contributed by atoms with Crippen LogP contribution in [-0.4, -0.2) is 35.1 Å². The molecule has 0 radical (unpaired) electrons. The number of hydrogen-bond acceptors (Lipinski definition) is 6. The summed E-state index contributed by atoms with van der Waals surface area (Å²) in [6.07, 6.45) is 4.57. The molecule has 1 heterocycles. The smallest absolute Gasteiger partial charge is 0.289 e. The Morgan fingerprint density at radius 1 is 0.966 bits per heavy atom. The van der Waals surface area contributed by atoms with E-state index >= 15 is 0 Å². The van der Waals surface area contributed by atoms with Gasteiger partial charge in [0.15, 0.2) is 10.7 Å². The lowest BCUT2D eigenvalue weighted by Gasteiger charge is -2.19. The molecule has 2 aromatic carbocycles. The third-order valence-electron chi connectivity index (χ3n) is 5.01. The van der Waals surface area contributed by atoms with Crippen molar-refractivity contribution in [1.29, 1.82) is 0 Å². The molecule has 29 heavy (non-hydrogen) atoms. The fourth-order valence-corrected chi connectivity index (χ4v) is 4.55. The van der Waals surface area contributed by atoms with Gasteiger partial charge >= 0.3 is 0 Å². The van der Waals surface area contributed by atoms with Gasteiger partial charge in [-0.15, -0.1) is 0 Å². The van der Waals surface area contributed by atoms with Crippen molar-refractivity contribution in [2.75, 3.05) is 6.54 Å². The van der Waals surface area contributed by atoms with Crippen molar-refractivity contribution >= 4 is 21.5 Å². The van der Waals surface area contributed by atoms with E-state index in [1.165, 1.54) is 37.8 Å². The normalized spacial score (nSPS) is 19.2. The highest BCUT2D eigenvalue weighted by atomic mass is 32.2. The highest BCUT2D eigenvalue weighted by molar-refractivity contribution is 7.89. The van der Waals surface area contributed by atoms with Gasteiger partial charge in [0.1, 0.15) is 6.10 Å². The van der Waals surface area contributed by atoms with Crippen LogP contribution in [0.3, 0.4) is 0 Å². The van der Waals surface area contributed by atoms with Crippen LogP contribution in [0, 0.1) is 10.1 Å². The van der Waals surface area contributed by atoms with Crippen molar-refractivity contribution in [2.24, 2.45) is 0 Å². The van der Waals surface area contributed by atoms with Crippen LogP contribution in [-0.2, 0) is 21.4 Å². The second-order valence-electron chi connectivity index (χ2n) is 6.98. The predicted octanol–water partition coefficient (Wildman–Crippen LogP) is 2.96. The van der Waals surface area contributed by atoms with E-state index in [0.29, 0.717) is 11.1 Å². The molecule has 0 aromatic heterocycles. The van der Waals surface area contributed by atoms with Crippen LogP contribution in [0.25, 0.3) is 0 Å². The predicted molar refractivity (Wildman–Crippen MR) is 106 cm³/mol. The second kappa shape index (κ2) is 8.81. The molecule has 9 heteroatoms. The monoisotopic (exact) mass is 418 g/mol. The van der Waals surface area contributed by atoms with Gasteiger partial charge in [0, 0.05) is 12.6 Å². The number of benzene rings is 2. The minimum absolute atomic E-state index is 0.159. The van der Waals surface area contributed by atoms with Gasteiger partial charge in [-0.3, -0.25) is 14.9 Å². The Labute approximate surface area is 169 Å². The number of aliphatic hydroxyl groups is 1. The van der Waals surface area contributed by atoms with Crippen molar-refractivity contribution in [3.05, 3.63) is 69.8 Å². The molecule has 4 rings (SSSR count). The van der Waals surface area contributed by atoms with Gasteiger partial charge in [0.25, 0.3) is 15.7 Å². The molecule has 0 amide bonds. The number of nitro groups is 1. The van der Waals surface area contributed by atoms with E-state index in [1.54, 1.807) is 24.3 Å². The van der Waals surface area contributed by atoms with Crippen LogP contribution in [0.1, 0.15) is 42.9 Å². The van der Waals surface area contributed by atoms with Gasteiger partial charge in [-0.05, 0) is 17.2 Å². The first kappa shape index (κ1) is 21.1. The Kier molecular flexibility index (Phi) is 6.41. The van der Waals surface area contributed by atoms with E-state index in [2.05, 4.69) is 0 Å². The molecule has 1 atom stereocenters. The lowest BCUT2D eigenvalue weighted by atomic mass is 10.0. The third-order valence-corrected chi connectivity index (χ3v) is 6.85. The van der Waals surface area contributed by atoms with Gasteiger partial charge in [-0.1, -0.05) is 62.1 Å².